The zero-order valence-electron chi connectivity index (χ0n) is 9.28. The summed E-state index contributed by atoms with van der Waals surface area (Å²) in [6.07, 6.45) is -4.18. The molecule has 2 nitrogen and oxygen atoms in total. The van der Waals surface area contributed by atoms with Gasteiger partial charge < -0.3 is 5.73 Å². The van der Waals surface area contributed by atoms with Crippen LogP contribution in [0, 0.1) is 0 Å². The van der Waals surface area contributed by atoms with Gasteiger partial charge in [0, 0.05) is 19.6 Å². The fraction of sp³-hybridized carbons (Fsp3) is 0.455. The summed E-state index contributed by atoms with van der Waals surface area (Å²) < 4.78 is 36.7. The van der Waals surface area contributed by atoms with Crippen molar-refractivity contribution in [2.75, 3.05) is 19.6 Å². The van der Waals surface area contributed by atoms with Crippen LogP contribution in [0.1, 0.15) is 5.56 Å². The topological polar surface area (TPSA) is 29.3 Å². The Morgan fingerprint density at radius 2 is 1.71 bits per heavy atom. The summed E-state index contributed by atoms with van der Waals surface area (Å²) in [4.78, 5) is 1.30. The quantitative estimate of drug-likeness (QED) is 0.889. The molecule has 1 aromatic carbocycles. The van der Waals surface area contributed by atoms with Gasteiger partial charge in [0.1, 0.15) is 0 Å². The molecule has 0 amide bonds. The maximum absolute atomic E-state index is 12.2. The Kier molecular flexibility index (Phi) is 7.18. The van der Waals surface area contributed by atoms with Gasteiger partial charge in [0.05, 0.1) is 6.54 Å². The first kappa shape index (κ1) is 16.2. The van der Waals surface area contributed by atoms with Crippen molar-refractivity contribution in [2.24, 2.45) is 5.73 Å². The second kappa shape index (κ2) is 7.53. The molecule has 0 aliphatic carbocycles. The maximum atomic E-state index is 12.2. The van der Waals surface area contributed by atoms with Gasteiger partial charge in [-0.2, -0.15) is 13.2 Å². The lowest BCUT2D eigenvalue weighted by molar-refractivity contribution is -0.146. The molecule has 0 heterocycles. The largest absolute Gasteiger partial charge is 0.401 e. The molecule has 0 fully saturated rings. The van der Waals surface area contributed by atoms with E-state index in [-0.39, 0.29) is 32.0 Å². The van der Waals surface area contributed by atoms with Gasteiger partial charge >= 0.3 is 6.18 Å². The molecule has 0 saturated heterocycles. The second-order valence-corrected chi connectivity index (χ2v) is 3.60. The molecule has 98 valence electrons. The van der Waals surface area contributed by atoms with Gasteiger partial charge in [0.2, 0.25) is 0 Å². The van der Waals surface area contributed by atoms with E-state index in [9.17, 15) is 13.2 Å². The Morgan fingerprint density at radius 3 is 2.18 bits per heavy atom. The van der Waals surface area contributed by atoms with Crippen molar-refractivity contribution in [1.29, 1.82) is 0 Å². The minimum atomic E-state index is -4.18. The third kappa shape index (κ3) is 7.20. The van der Waals surface area contributed by atoms with Crippen LogP contribution in [-0.4, -0.2) is 30.7 Å². The third-order valence-electron chi connectivity index (χ3n) is 2.10. The molecule has 0 aliphatic rings. The van der Waals surface area contributed by atoms with E-state index in [1.54, 1.807) is 12.1 Å². The smallest absolute Gasteiger partial charge is 0.329 e. The van der Waals surface area contributed by atoms with Crippen molar-refractivity contribution in [1.82, 2.24) is 4.90 Å². The van der Waals surface area contributed by atoms with Crippen molar-refractivity contribution in [3.8, 4) is 0 Å². The van der Waals surface area contributed by atoms with Crippen LogP contribution in [0.3, 0.4) is 0 Å². The van der Waals surface area contributed by atoms with E-state index in [1.807, 2.05) is 18.2 Å². The summed E-state index contributed by atoms with van der Waals surface area (Å²) in [5, 5.41) is 0. The van der Waals surface area contributed by atoms with Gasteiger partial charge in [-0.1, -0.05) is 30.3 Å². The van der Waals surface area contributed by atoms with Crippen LogP contribution >= 0.6 is 12.4 Å². The maximum Gasteiger partial charge on any atom is 0.401 e. The Morgan fingerprint density at radius 1 is 1.12 bits per heavy atom. The monoisotopic (exact) mass is 268 g/mol. The van der Waals surface area contributed by atoms with Crippen LogP contribution in [0.4, 0.5) is 13.2 Å². The molecule has 1 aromatic rings. The number of nitrogens with zero attached hydrogens (tertiary/aromatic N) is 1. The van der Waals surface area contributed by atoms with Crippen LogP contribution in [-0.2, 0) is 6.54 Å². The molecular formula is C11H16ClF3N2. The molecule has 0 unspecified atom stereocenters. The first-order valence-corrected chi connectivity index (χ1v) is 5.04. The molecule has 0 atom stereocenters. The average Bonchev–Trinajstić information content (AvgIpc) is 2.17. The van der Waals surface area contributed by atoms with Crippen molar-refractivity contribution >= 4 is 12.4 Å². The number of hydrogen-bond donors (Lipinski definition) is 1. The van der Waals surface area contributed by atoms with E-state index >= 15 is 0 Å². The van der Waals surface area contributed by atoms with Gasteiger partial charge in [0.15, 0.2) is 0 Å². The fourth-order valence-corrected chi connectivity index (χ4v) is 1.49. The third-order valence-corrected chi connectivity index (χ3v) is 2.10. The van der Waals surface area contributed by atoms with Crippen LogP contribution in [0.2, 0.25) is 0 Å². The van der Waals surface area contributed by atoms with Gasteiger partial charge in [-0.25, -0.2) is 0 Å². The molecule has 0 spiro atoms. The lowest BCUT2D eigenvalue weighted by Crippen LogP contribution is -2.37. The molecular weight excluding hydrogens is 253 g/mol. The molecule has 0 bridgehead atoms. The zero-order valence-corrected chi connectivity index (χ0v) is 10.1. The lowest BCUT2D eigenvalue weighted by atomic mass is 10.2. The predicted molar refractivity (Wildman–Crippen MR) is 64.1 cm³/mol. The van der Waals surface area contributed by atoms with E-state index in [0.29, 0.717) is 0 Å². The van der Waals surface area contributed by atoms with Crippen LogP contribution < -0.4 is 5.73 Å². The summed E-state index contributed by atoms with van der Waals surface area (Å²) in [5.41, 5.74) is 6.15. The van der Waals surface area contributed by atoms with Crippen molar-refractivity contribution in [2.45, 2.75) is 12.7 Å². The number of halogens is 4. The zero-order chi connectivity index (χ0) is 12.0. The molecule has 0 radical (unpaired) electrons. The minimum Gasteiger partial charge on any atom is -0.329 e. The van der Waals surface area contributed by atoms with Crippen molar-refractivity contribution < 1.29 is 13.2 Å². The summed E-state index contributed by atoms with van der Waals surface area (Å²) in [6, 6.07) is 9.06. The van der Waals surface area contributed by atoms with Crippen molar-refractivity contribution in [3.63, 3.8) is 0 Å². The van der Waals surface area contributed by atoms with E-state index in [0.717, 1.165) is 5.56 Å². The first-order valence-electron chi connectivity index (χ1n) is 5.04. The molecule has 1 rings (SSSR count). The lowest BCUT2D eigenvalue weighted by Gasteiger charge is -2.22. The highest BCUT2D eigenvalue weighted by Crippen LogP contribution is 2.17. The van der Waals surface area contributed by atoms with E-state index in [1.165, 1.54) is 4.90 Å². The van der Waals surface area contributed by atoms with Crippen molar-refractivity contribution in [3.05, 3.63) is 35.9 Å². The van der Waals surface area contributed by atoms with Gasteiger partial charge in [-0.3, -0.25) is 4.90 Å². The minimum absolute atomic E-state index is 0. The summed E-state index contributed by atoms with van der Waals surface area (Å²) in [5.74, 6) is 0. The molecule has 0 aliphatic heterocycles. The number of hydrogen-bond acceptors (Lipinski definition) is 2. The molecule has 17 heavy (non-hydrogen) atoms. The summed E-state index contributed by atoms with van der Waals surface area (Å²) >= 11 is 0. The number of nitrogens with two attached hydrogens (primary N) is 1. The van der Waals surface area contributed by atoms with Gasteiger partial charge in [0.25, 0.3) is 0 Å². The Balaban J connectivity index is 0.00000256. The number of benzene rings is 1. The van der Waals surface area contributed by atoms with E-state index in [2.05, 4.69) is 0 Å². The standard InChI is InChI=1S/C11H15F3N2.ClH/c12-11(13,14)9-16(7-6-15)8-10-4-2-1-3-5-10;/h1-5H,6-9,15H2;1H. The van der Waals surface area contributed by atoms with Crippen LogP contribution in [0.5, 0.6) is 0 Å². The Bertz CT molecular complexity index is 303. The summed E-state index contributed by atoms with van der Waals surface area (Å²) in [7, 11) is 0. The number of rotatable bonds is 5. The van der Waals surface area contributed by atoms with E-state index < -0.39 is 12.7 Å². The molecule has 0 aromatic heterocycles. The second-order valence-electron chi connectivity index (χ2n) is 3.60. The molecule has 0 saturated carbocycles. The predicted octanol–water partition coefficient (Wildman–Crippen LogP) is 2.43. The fourth-order valence-electron chi connectivity index (χ4n) is 1.49. The molecule has 2 N–H and O–H groups in total. The highest BCUT2D eigenvalue weighted by Gasteiger charge is 2.30. The molecule has 6 heteroatoms. The van der Waals surface area contributed by atoms with Crippen LogP contribution in [0.15, 0.2) is 30.3 Å². The highest BCUT2D eigenvalue weighted by atomic mass is 35.5. The normalized spacial score (nSPS) is 11.4. The van der Waals surface area contributed by atoms with Gasteiger partial charge in [-0.05, 0) is 5.56 Å². The average molecular weight is 269 g/mol. The highest BCUT2D eigenvalue weighted by molar-refractivity contribution is 5.85. The first-order chi connectivity index (χ1) is 7.51. The SMILES string of the molecule is Cl.NCCN(Cc1ccccc1)CC(F)(F)F. The summed E-state index contributed by atoms with van der Waals surface area (Å²) in [6.45, 7) is -0.173. The van der Waals surface area contributed by atoms with Crippen LogP contribution in [0.25, 0.3) is 0 Å². The number of alkyl halides is 3. The van der Waals surface area contributed by atoms with Gasteiger partial charge in [-0.15, -0.1) is 12.4 Å². The van der Waals surface area contributed by atoms with E-state index in [4.69, 9.17) is 5.73 Å². The Hall–Kier alpha value is -0.780. The Labute approximate surface area is 105 Å².